The molecule has 5 nitrogen and oxygen atoms in total. The Morgan fingerprint density at radius 1 is 1.00 bits per heavy atom. The molecule has 0 amide bonds. The highest BCUT2D eigenvalue weighted by Gasteiger charge is 2.46. The fourth-order valence-electron chi connectivity index (χ4n) is 3.74. The number of hydrogen-bond donors (Lipinski definition) is 0. The Morgan fingerprint density at radius 3 is 2.32 bits per heavy atom. The summed E-state index contributed by atoms with van der Waals surface area (Å²) < 4.78 is 0. The lowest BCUT2D eigenvalue weighted by molar-refractivity contribution is -0.485. The van der Waals surface area contributed by atoms with Crippen LogP contribution in [0.4, 0.5) is 17.1 Å². The first kappa shape index (κ1) is 18.2. The maximum Gasteiger partial charge on any atom is 0.232 e. The molecule has 0 saturated carbocycles. The number of anilines is 2. The summed E-state index contributed by atoms with van der Waals surface area (Å²) in [5.41, 5.74) is 2.97. The van der Waals surface area contributed by atoms with Crippen LogP contribution in [0.2, 0.25) is 5.02 Å². The van der Waals surface area contributed by atoms with Gasteiger partial charge in [-0.3, -0.25) is 10.1 Å². The third kappa shape index (κ3) is 3.14. The molecule has 1 atom stereocenters. The number of aliphatic imine (C=N–C) groups is 1. The Labute approximate surface area is 168 Å². The molecule has 28 heavy (non-hydrogen) atoms. The minimum absolute atomic E-state index is 0.282. The van der Waals surface area contributed by atoms with E-state index in [-0.39, 0.29) is 11.5 Å². The van der Waals surface area contributed by atoms with Crippen molar-refractivity contribution in [2.75, 3.05) is 11.4 Å². The third-order valence-corrected chi connectivity index (χ3v) is 5.18. The van der Waals surface area contributed by atoms with Crippen molar-refractivity contribution >= 4 is 34.4 Å². The van der Waals surface area contributed by atoms with Gasteiger partial charge in [-0.05, 0) is 48.9 Å². The molecule has 0 radical (unpaired) electrons. The molecule has 3 aromatic rings. The van der Waals surface area contributed by atoms with E-state index in [0.717, 1.165) is 22.6 Å². The molecular weight excluding hydrogens is 374 g/mol. The highest BCUT2D eigenvalue weighted by Crippen LogP contribution is 2.45. The van der Waals surface area contributed by atoms with Crippen LogP contribution in [0, 0.1) is 10.1 Å². The Bertz CT molecular complexity index is 1050. The molecule has 0 fully saturated rings. The summed E-state index contributed by atoms with van der Waals surface area (Å²) in [7, 11) is 0. The van der Waals surface area contributed by atoms with Gasteiger partial charge in [0.15, 0.2) is 0 Å². The summed E-state index contributed by atoms with van der Waals surface area (Å²) in [6.45, 7) is 1.57. The Balaban J connectivity index is 2.00. The number of para-hydroxylation sites is 2. The fraction of sp³-hybridized carbons (Fsp3) is 0.136. The van der Waals surface area contributed by atoms with E-state index < -0.39 is 5.54 Å². The van der Waals surface area contributed by atoms with Crippen LogP contribution in [0.15, 0.2) is 83.9 Å². The van der Waals surface area contributed by atoms with Crippen LogP contribution in [-0.4, -0.2) is 22.7 Å². The second kappa shape index (κ2) is 7.09. The van der Waals surface area contributed by atoms with E-state index in [1.165, 1.54) is 0 Å². The number of hydrogen-bond acceptors (Lipinski definition) is 4. The van der Waals surface area contributed by atoms with Crippen LogP contribution >= 0.6 is 11.6 Å². The summed E-state index contributed by atoms with van der Waals surface area (Å²) in [5, 5.41) is 12.3. The van der Waals surface area contributed by atoms with Gasteiger partial charge in [-0.15, -0.1) is 0 Å². The zero-order chi connectivity index (χ0) is 19.7. The standard InChI is InChI=1S/C22H18ClN3O2/c1-22(15-25(27)28)21(16-7-3-2-4-8-16)24-19-9-5-6-10-20(19)26(22)18-13-11-17(23)12-14-18/h2-14H,15H2,1H3. The van der Waals surface area contributed by atoms with Gasteiger partial charge in [-0.2, -0.15) is 0 Å². The van der Waals surface area contributed by atoms with Gasteiger partial charge in [0.25, 0.3) is 0 Å². The first-order valence-electron chi connectivity index (χ1n) is 8.90. The van der Waals surface area contributed by atoms with Crippen LogP contribution in [0.25, 0.3) is 0 Å². The first-order chi connectivity index (χ1) is 13.5. The number of benzene rings is 3. The molecule has 4 rings (SSSR count). The topological polar surface area (TPSA) is 58.7 Å². The van der Waals surface area contributed by atoms with Crippen molar-refractivity contribution in [1.82, 2.24) is 0 Å². The Hall–Kier alpha value is -3.18. The SMILES string of the molecule is CC1(C[N+](=O)[O-])C(c2ccccc2)=Nc2ccccc2N1c1ccc(Cl)cc1. The normalized spacial score (nSPS) is 18.4. The molecule has 0 aliphatic carbocycles. The van der Waals surface area contributed by atoms with E-state index in [0.29, 0.717) is 10.7 Å². The lowest BCUT2D eigenvalue weighted by Gasteiger charge is -2.44. The summed E-state index contributed by atoms with van der Waals surface area (Å²) in [6.07, 6.45) is 0. The van der Waals surface area contributed by atoms with Crippen LogP contribution in [0.5, 0.6) is 0 Å². The van der Waals surface area contributed by atoms with Crippen molar-refractivity contribution in [3.8, 4) is 0 Å². The largest absolute Gasteiger partial charge is 0.322 e. The first-order valence-corrected chi connectivity index (χ1v) is 9.28. The average Bonchev–Trinajstić information content (AvgIpc) is 2.68. The molecule has 0 aromatic heterocycles. The van der Waals surface area contributed by atoms with Crippen molar-refractivity contribution in [1.29, 1.82) is 0 Å². The lowest BCUT2D eigenvalue weighted by Crippen LogP contribution is -2.56. The molecule has 140 valence electrons. The maximum atomic E-state index is 11.7. The van der Waals surface area contributed by atoms with Crippen molar-refractivity contribution < 1.29 is 4.92 Å². The second-order valence-corrected chi connectivity index (χ2v) is 7.33. The predicted octanol–water partition coefficient (Wildman–Crippen LogP) is 5.65. The van der Waals surface area contributed by atoms with Gasteiger partial charge in [0, 0.05) is 15.6 Å². The zero-order valence-electron chi connectivity index (χ0n) is 15.2. The molecular formula is C22H18ClN3O2. The van der Waals surface area contributed by atoms with E-state index in [2.05, 4.69) is 0 Å². The molecule has 3 aromatic carbocycles. The monoisotopic (exact) mass is 391 g/mol. The average molecular weight is 392 g/mol. The van der Waals surface area contributed by atoms with Crippen molar-refractivity contribution in [3.05, 3.63) is 99.6 Å². The van der Waals surface area contributed by atoms with E-state index in [4.69, 9.17) is 16.6 Å². The van der Waals surface area contributed by atoms with E-state index in [1.807, 2.05) is 78.6 Å². The number of nitro groups is 1. The molecule has 0 saturated heterocycles. The van der Waals surface area contributed by atoms with Gasteiger partial charge in [0.1, 0.15) is 5.54 Å². The van der Waals surface area contributed by atoms with Gasteiger partial charge in [0.2, 0.25) is 6.54 Å². The molecule has 0 bridgehead atoms. The van der Waals surface area contributed by atoms with Crippen LogP contribution in [-0.2, 0) is 0 Å². The van der Waals surface area contributed by atoms with Gasteiger partial charge >= 0.3 is 0 Å². The van der Waals surface area contributed by atoms with E-state index in [1.54, 1.807) is 12.1 Å². The summed E-state index contributed by atoms with van der Waals surface area (Å²) in [5.74, 6) is 0. The Kier molecular flexibility index (Phi) is 4.61. The number of halogens is 1. The summed E-state index contributed by atoms with van der Waals surface area (Å²) >= 11 is 6.08. The van der Waals surface area contributed by atoms with Gasteiger partial charge < -0.3 is 4.90 Å². The number of fused-ring (bicyclic) bond motifs is 1. The quantitative estimate of drug-likeness (QED) is 0.426. The van der Waals surface area contributed by atoms with Crippen LogP contribution < -0.4 is 4.90 Å². The highest BCUT2D eigenvalue weighted by atomic mass is 35.5. The summed E-state index contributed by atoms with van der Waals surface area (Å²) in [4.78, 5) is 18.3. The second-order valence-electron chi connectivity index (χ2n) is 6.89. The molecule has 1 heterocycles. The molecule has 1 unspecified atom stereocenters. The third-order valence-electron chi connectivity index (χ3n) is 4.93. The number of nitrogens with zero attached hydrogens (tertiary/aromatic N) is 3. The lowest BCUT2D eigenvalue weighted by atomic mass is 9.85. The molecule has 0 N–H and O–H groups in total. The predicted molar refractivity (Wildman–Crippen MR) is 113 cm³/mol. The number of rotatable bonds is 4. The van der Waals surface area contributed by atoms with Crippen molar-refractivity contribution in [2.45, 2.75) is 12.5 Å². The van der Waals surface area contributed by atoms with E-state index in [9.17, 15) is 10.1 Å². The Morgan fingerprint density at radius 2 is 1.64 bits per heavy atom. The molecule has 6 heteroatoms. The minimum Gasteiger partial charge on any atom is -0.322 e. The fourth-order valence-corrected chi connectivity index (χ4v) is 3.87. The highest BCUT2D eigenvalue weighted by molar-refractivity contribution is 6.30. The maximum absolute atomic E-state index is 11.7. The van der Waals surface area contributed by atoms with Crippen LogP contribution in [0.3, 0.4) is 0 Å². The minimum atomic E-state index is -0.979. The van der Waals surface area contributed by atoms with Gasteiger partial charge in [0.05, 0.1) is 17.1 Å². The van der Waals surface area contributed by atoms with Crippen molar-refractivity contribution in [2.24, 2.45) is 4.99 Å². The summed E-state index contributed by atoms with van der Waals surface area (Å²) in [6, 6.07) is 24.7. The van der Waals surface area contributed by atoms with Crippen LogP contribution in [0.1, 0.15) is 12.5 Å². The molecule has 1 aliphatic rings. The van der Waals surface area contributed by atoms with Gasteiger partial charge in [-0.25, -0.2) is 4.99 Å². The van der Waals surface area contributed by atoms with E-state index >= 15 is 0 Å². The smallest absolute Gasteiger partial charge is 0.232 e. The zero-order valence-corrected chi connectivity index (χ0v) is 16.0. The molecule has 1 aliphatic heterocycles. The van der Waals surface area contributed by atoms with Crippen molar-refractivity contribution in [3.63, 3.8) is 0 Å². The van der Waals surface area contributed by atoms with Gasteiger partial charge in [-0.1, -0.05) is 54.1 Å². The molecule has 0 spiro atoms.